The fraction of sp³-hybridized carbons (Fsp3) is 0.625. The minimum absolute atomic E-state index is 0.191. The lowest BCUT2D eigenvalue weighted by molar-refractivity contribution is 0.111. The summed E-state index contributed by atoms with van der Waals surface area (Å²) < 4.78 is 0. The molecule has 1 saturated carbocycles. The molecule has 1 atom stereocenters. The Hall–Kier alpha value is -0.820. The Labute approximate surface area is 105 Å². The first-order valence-corrected chi connectivity index (χ1v) is 6.77. The van der Waals surface area contributed by atoms with Crippen LogP contribution in [0.5, 0.6) is 0 Å². The standard InChI is InChI=1S/C16H24O/c1-16(2,3)14-10-8-13(9-11-14)15(17)12-6-4-5-7-12/h8-12,15,17H,4-7H2,1-3H3/t15-/m1/s1. The summed E-state index contributed by atoms with van der Waals surface area (Å²) in [4.78, 5) is 0. The molecule has 0 amide bonds. The molecule has 0 heterocycles. The lowest BCUT2D eigenvalue weighted by Crippen LogP contribution is -2.12. The molecule has 1 aromatic carbocycles. The Kier molecular flexibility index (Phi) is 3.58. The molecule has 1 N–H and O–H groups in total. The van der Waals surface area contributed by atoms with Gasteiger partial charge in [-0.25, -0.2) is 0 Å². The van der Waals surface area contributed by atoms with Crippen LogP contribution in [0.15, 0.2) is 24.3 Å². The van der Waals surface area contributed by atoms with Gasteiger partial charge < -0.3 is 5.11 Å². The quantitative estimate of drug-likeness (QED) is 0.810. The van der Waals surface area contributed by atoms with E-state index in [4.69, 9.17) is 0 Å². The zero-order valence-corrected chi connectivity index (χ0v) is 11.2. The predicted molar refractivity (Wildman–Crippen MR) is 72.1 cm³/mol. The Morgan fingerprint density at radius 3 is 2.06 bits per heavy atom. The second kappa shape index (κ2) is 4.81. The zero-order valence-electron chi connectivity index (χ0n) is 11.2. The Balaban J connectivity index is 2.12. The van der Waals surface area contributed by atoms with E-state index in [9.17, 15) is 5.11 Å². The van der Waals surface area contributed by atoms with Gasteiger partial charge in [-0.3, -0.25) is 0 Å². The maximum Gasteiger partial charge on any atom is 0.0818 e. The molecule has 1 fully saturated rings. The van der Waals surface area contributed by atoms with Gasteiger partial charge >= 0.3 is 0 Å². The molecule has 0 radical (unpaired) electrons. The zero-order chi connectivity index (χ0) is 12.5. The van der Waals surface area contributed by atoms with Crippen molar-refractivity contribution in [2.75, 3.05) is 0 Å². The summed E-state index contributed by atoms with van der Waals surface area (Å²) in [6, 6.07) is 8.52. The average molecular weight is 232 g/mol. The molecule has 0 bridgehead atoms. The van der Waals surface area contributed by atoms with Gasteiger partial charge in [0.2, 0.25) is 0 Å². The van der Waals surface area contributed by atoms with E-state index < -0.39 is 0 Å². The van der Waals surface area contributed by atoms with Crippen LogP contribution in [-0.4, -0.2) is 5.11 Å². The molecular formula is C16H24O. The number of hydrogen-bond donors (Lipinski definition) is 1. The SMILES string of the molecule is CC(C)(C)c1ccc([C@H](O)C2CCCC2)cc1. The average Bonchev–Trinajstić information content (AvgIpc) is 2.80. The summed E-state index contributed by atoms with van der Waals surface area (Å²) in [6.07, 6.45) is 4.67. The van der Waals surface area contributed by atoms with Gasteiger partial charge in [-0.15, -0.1) is 0 Å². The van der Waals surface area contributed by atoms with E-state index in [0.717, 1.165) is 5.56 Å². The summed E-state index contributed by atoms with van der Waals surface area (Å²) in [6.45, 7) is 6.65. The van der Waals surface area contributed by atoms with Crippen molar-refractivity contribution in [1.29, 1.82) is 0 Å². The van der Waals surface area contributed by atoms with Gasteiger partial charge in [-0.1, -0.05) is 57.9 Å². The number of aliphatic hydroxyl groups excluding tert-OH is 1. The first-order chi connectivity index (χ1) is 7.98. The van der Waals surface area contributed by atoms with Crippen LogP contribution in [0.1, 0.15) is 63.7 Å². The van der Waals surface area contributed by atoms with Crippen LogP contribution in [0.4, 0.5) is 0 Å². The highest BCUT2D eigenvalue weighted by atomic mass is 16.3. The maximum absolute atomic E-state index is 10.3. The summed E-state index contributed by atoms with van der Waals surface area (Å²) in [5, 5.41) is 10.3. The van der Waals surface area contributed by atoms with Crippen molar-refractivity contribution < 1.29 is 5.11 Å². The highest BCUT2D eigenvalue weighted by molar-refractivity contribution is 5.29. The highest BCUT2D eigenvalue weighted by Gasteiger charge is 2.24. The molecule has 94 valence electrons. The lowest BCUT2D eigenvalue weighted by atomic mass is 9.85. The largest absolute Gasteiger partial charge is 0.388 e. The van der Waals surface area contributed by atoms with Gasteiger partial charge in [-0.2, -0.15) is 0 Å². The van der Waals surface area contributed by atoms with Gasteiger partial charge in [0.05, 0.1) is 6.10 Å². The second-order valence-electron chi connectivity index (χ2n) is 6.36. The molecule has 0 spiro atoms. The van der Waals surface area contributed by atoms with Crippen molar-refractivity contribution in [1.82, 2.24) is 0 Å². The normalized spacial score (nSPS) is 19.5. The van der Waals surface area contributed by atoms with Crippen LogP contribution in [0.25, 0.3) is 0 Å². The topological polar surface area (TPSA) is 20.2 Å². The molecule has 17 heavy (non-hydrogen) atoms. The smallest absolute Gasteiger partial charge is 0.0818 e. The van der Waals surface area contributed by atoms with Crippen LogP contribution in [0.2, 0.25) is 0 Å². The third-order valence-electron chi connectivity index (χ3n) is 3.96. The Morgan fingerprint density at radius 1 is 1.06 bits per heavy atom. The Bertz CT molecular complexity index is 352. The van der Waals surface area contributed by atoms with Crippen LogP contribution >= 0.6 is 0 Å². The second-order valence-corrected chi connectivity index (χ2v) is 6.36. The van der Waals surface area contributed by atoms with E-state index in [1.807, 2.05) is 0 Å². The maximum atomic E-state index is 10.3. The first kappa shape index (κ1) is 12.6. The number of aliphatic hydroxyl groups is 1. The lowest BCUT2D eigenvalue weighted by Gasteiger charge is -2.22. The molecule has 0 unspecified atom stereocenters. The van der Waals surface area contributed by atoms with Crippen molar-refractivity contribution in [3.05, 3.63) is 35.4 Å². The molecule has 0 aliphatic heterocycles. The third-order valence-corrected chi connectivity index (χ3v) is 3.96. The molecule has 1 aromatic rings. The molecule has 2 rings (SSSR count). The molecule has 1 heteroatoms. The van der Waals surface area contributed by atoms with E-state index >= 15 is 0 Å². The van der Waals surface area contributed by atoms with Crippen LogP contribution in [-0.2, 0) is 5.41 Å². The molecule has 1 aliphatic rings. The number of benzene rings is 1. The van der Waals surface area contributed by atoms with Crippen LogP contribution < -0.4 is 0 Å². The third kappa shape index (κ3) is 2.90. The van der Waals surface area contributed by atoms with Crippen molar-refractivity contribution in [3.8, 4) is 0 Å². The summed E-state index contributed by atoms with van der Waals surface area (Å²) in [5.41, 5.74) is 2.61. The minimum Gasteiger partial charge on any atom is -0.388 e. The van der Waals surface area contributed by atoms with Gasteiger partial charge in [0, 0.05) is 0 Å². The van der Waals surface area contributed by atoms with Crippen molar-refractivity contribution in [2.24, 2.45) is 5.92 Å². The van der Waals surface area contributed by atoms with Gasteiger partial charge in [0.25, 0.3) is 0 Å². The molecular weight excluding hydrogens is 208 g/mol. The number of rotatable bonds is 2. The van der Waals surface area contributed by atoms with E-state index in [1.54, 1.807) is 0 Å². The van der Waals surface area contributed by atoms with Crippen molar-refractivity contribution >= 4 is 0 Å². The molecule has 1 aliphatic carbocycles. The minimum atomic E-state index is -0.258. The van der Waals surface area contributed by atoms with Crippen LogP contribution in [0, 0.1) is 5.92 Å². The van der Waals surface area contributed by atoms with E-state index in [-0.39, 0.29) is 11.5 Å². The summed E-state index contributed by atoms with van der Waals surface area (Å²) >= 11 is 0. The van der Waals surface area contributed by atoms with Crippen molar-refractivity contribution in [3.63, 3.8) is 0 Å². The summed E-state index contributed by atoms with van der Waals surface area (Å²) in [7, 11) is 0. The summed E-state index contributed by atoms with van der Waals surface area (Å²) in [5.74, 6) is 0.482. The van der Waals surface area contributed by atoms with Gasteiger partial charge in [0.15, 0.2) is 0 Å². The predicted octanol–water partition coefficient (Wildman–Crippen LogP) is 4.21. The van der Waals surface area contributed by atoms with E-state index in [2.05, 4.69) is 45.0 Å². The van der Waals surface area contributed by atoms with Gasteiger partial charge in [-0.05, 0) is 35.3 Å². The number of hydrogen-bond acceptors (Lipinski definition) is 1. The first-order valence-electron chi connectivity index (χ1n) is 6.77. The van der Waals surface area contributed by atoms with Crippen LogP contribution in [0.3, 0.4) is 0 Å². The fourth-order valence-electron chi connectivity index (χ4n) is 2.73. The Morgan fingerprint density at radius 2 is 1.59 bits per heavy atom. The molecule has 0 saturated heterocycles. The molecule has 1 nitrogen and oxygen atoms in total. The van der Waals surface area contributed by atoms with E-state index in [0.29, 0.717) is 5.92 Å². The monoisotopic (exact) mass is 232 g/mol. The fourth-order valence-corrected chi connectivity index (χ4v) is 2.73. The highest BCUT2D eigenvalue weighted by Crippen LogP contribution is 2.36. The molecule has 0 aromatic heterocycles. The van der Waals surface area contributed by atoms with Gasteiger partial charge in [0.1, 0.15) is 0 Å². The van der Waals surface area contributed by atoms with E-state index in [1.165, 1.54) is 31.2 Å². The van der Waals surface area contributed by atoms with Crippen molar-refractivity contribution in [2.45, 2.75) is 58.0 Å².